The summed E-state index contributed by atoms with van der Waals surface area (Å²) in [6.45, 7) is 6.90. The summed E-state index contributed by atoms with van der Waals surface area (Å²) in [5.74, 6) is -0.0893. The number of aliphatic hydroxyl groups excluding tert-OH is 1. The standard InChI is InChI=1S/C14H26N2O3/c1-4-12(9-17)15-13(18)11-6-5-7-16(8-11)14(19)10(2)3/h10-12,17H,4-9H2,1-3H3,(H,15,18)/t11?,12-/m1/s1. The zero-order valence-corrected chi connectivity index (χ0v) is 12.2. The second-order valence-corrected chi connectivity index (χ2v) is 5.57. The van der Waals surface area contributed by atoms with E-state index in [2.05, 4.69) is 5.32 Å². The predicted molar refractivity (Wildman–Crippen MR) is 73.4 cm³/mol. The van der Waals surface area contributed by atoms with Gasteiger partial charge in [-0.05, 0) is 19.3 Å². The van der Waals surface area contributed by atoms with Gasteiger partial charge in [0.2, 0.25) is 11.8 Å². The molecule has 1 fully saturated rings. The van der Waals surface area contributed by atoms with Gasteiger partial charge < -0.3 is 15.3 Å². The number of nitrogens with zero attached hydrogens (tertiary/aromatic N) is 1. The van der Waals surface area contributed by atoms with E-state index in [0.717, 1.165) is 19.4 Å². The fraction of sp³-hybridized carbons (Fsp3) is 0.857. The van der Waals surface area contributed by atoms with Crippen LogP contribution in [0.3, 0.4) is 0 Å². The van der Waals surface area contributed by atoms with E-state index < -0.39 is 0 Å². The van der Waals surface area contributed by atoms with Crippen LogP contribution in [0.5, 0.6) is 0 Å². The highest BCUT2D eigenvalue weighted by Crippen LogP contribution is 2.18. The lowest BCUT2D eigenvalue weighted by Crippen LogP contribution is -2.49. The van der Waals surface area contributed by atoms with Crippen molar-refractivity contribution in [2.75, 3.05) is 19.7 Å². The summed E-state index contributed by atoms with van der Waals surface area (Å²) in [7, 11) is 0. The summed E-state index contributed by atoms with van der Waals surface area (Å²) in [4.78, 5) is 25.8. The number of likely N-dealkylation sites (tertiary alicyclic amines) is 1. The van der Waals surface area contributed by atoms with Gasteiger partial charge in [-0.1, -0.05) is 20.8 Å². The van der Waals surface area contributed by atoms with Gasteiger partial charge in [-0.3, -0.25) is 9.59 Å². The molecule has 1 heterocycles. The van der Waals surface area contributed by atoms with Gasteiger partial charge in [0.15, 0.2) is 0 Å². The lowest BCUT2D eigenvalue weighted by Gasteiger charge is -2.33. The maximum atomic E-state index is 12.1. The third-order valence-electron chi connectivity index (χ3n) is 3.66. The van der Waals surface area contributed by atoms with Crippen molar-refractivity contribution >= 4 is 11.8 Å². The molecule has 0 aromatic heterocycles. The molecule has 1 unspecified atom stereocenters. The number of carbonyl (C=O) groups excluding carboxylic acids is 2. The van der Waals surface area contributed by atoms with E-state index >= 15 is 0 Å². The van der Waals surface area contributed by atoms with E-state index in [1.807, 2.05) is 20.8 Å². The van der Waals surface area contributed by atoms with Gasteiger partial charge in [0.05, 0.1) is 18.6 Å². The highest BCUT2D eigenvalue weighted by atomic mass is 16.3. The van der Waals surface area contributed by atoms with Crippen LogP contribution in [0.4, 0.5) is 0 Å². The Hall–Kier alpha value is -1.10. The quantitative estimate of drug-likeness (QED) is 0.775. The largest absolute Gasteiger partial charge is 0.394 e. The number of carbonyl (C=O) groups is 2. The van der Waals surface area contributed by atoms with Crippen LogP contribution in [0.2, 0.25) is 0 Å². The average Bonchev–Trinajstić information content (AvgIpc) is 2.43. The molecule has 0 aromatic rings. The fourth-order valence-electron chi connectivity index (χ4n) is 2.35. The SMILES string of the molecule is CC[C@H](CO)NC(=O)C1CCCN(C(=O)C(C)C)C1. The topological polar surface area (TPSA) is 69.6 Å². The Kier molecular flexibility index (Phi) is 6.28. The van der Waals surface area contributed by atoms with Gasteiger partial charge in [0.25, 0.3) is 0 Å². The smallest absolute Gasteiger partial charge is 0.225 e. The molecule has 2 N–H and O–H groups in total. The average molecular weight is 270 g/mol. The molecule has 0 aromatic carbocycles. The summed E-state index contributed by atoms with van der Waals surface area (Å²) in [6, 6.07) is -0.177. The van der Waals surface area contributed by atoms with Crippen molar-refractivity contribution in [3.8, 4) is 0 Å². The zero-order chi connectivity index (χ0) is 14.4. The van der Waals surface area contributed by atoms with Crippen LogP contribution in [0.1, 0.15) is 40.0 Å². The number of hydrogen-bond donors (Lipinski definition) is 2. The van der Waals surface area contributed by atoms with Crippen molar-refractivity contribution in [1.29, 1.82) is 0 Å². The molecule has 19 heavy (non-hydrogen) atoms. The molecular weight excluding hydrogens is 244 g/mol. The Balaban J connectivity index is 2.54. The highest BCUT2D eigenvalue weighted by Gasteiger charge is 2.29. The van der Waals surface area contributed by atoms with Crippen molar-refractivity contribution in [2.24, 2.45) is 11.8 Å². The van der Waals surface area contributed by atoms with Crippen LogP contribution < -0.4 is 5.32 Å². The molecule has 5 heteroatoms. The number of piperidine rings is 1. The molecule has 1 aliphatic rings. The fourth-order valence-corrected chi connectivity index (χ4v) is 2.35. The summed E-state index contributed by atoms with van der Waals surface area (Å²) in [5, 5.41) is 12.0. The van der Waals surface area contributed by atoms with Crippen molar-refractivity contribution in [1.82, 2.24) is 10.2 Å². The number of rotatable bonds is 5. The van der Waals surface area contributed by atoms with Gasteiger partial charge in [0.1, 0.15) is 0 Å². The Labute approximate surface area is 115 Å². The summed E-state index contributed by atoms with van der Waals surface area (Å²) < 4.78 is 0. The van der Waals surface area contributed by atoms with E-state index in [1.165, 1.54) is 0 Å². The second kappa shape index (κ2) is 7.48. The molecule has 1 rings (SSSR count). The summed E-state index contributed by atoms with van der Waals surface area (Å²) >= 11 is 0. The highest BCUT2D eigenvalue weighted by molar-refractivity contribution is 5.82. The van der Waals surface area contributed by atoms with Crippen LogP contribution in [-0.4, -0.2) is 47.6 Å². The zero-order valence-electron chi connectivity index (χ0n) is 12.2. The van der Waals surface area contributed by atoms with E-state index in [1.54, 1.807) is 4.90 Å². The second-order valence-electron chi connectivity index (χ2n) is 5.57. The Morgan fingerprint density at radius 1 is 1.42 bits per heavy atom. The van der Waals surface area contributed by atoms with Crippen LogP contribution in [-0.2, 0) is 9.59 Å². The van der Waals surface area contributed by atoms with Gasteiger partial charge in [-0.2, -0.15) is 0 Å². The van der Waals surface area contributed by atoms with Gasteiger partial charge in [0, 0.05) is 19.0 Å². The summed E-state index contributed by atoms with van der Waals surface area (Å²) in [5.41, 5.74) is 0. The third-order valence-corrected chi connectivity index (χ3v) is 3.66. The minimum atomic E-state index is -0.177. The first-order chi connectivity index (χ1) is 8.99. The molecule has 5 nitrogen and oxygen atoms in total. The molecule has 1 aliphatic heterocycles. The molecule has 0 bridgehead atoms. The molecule has 2 atom stereocenters. The van der Waals surface area contributed by atoms with E-state index in [9.17, 15) is 9.59 Å². The lowest BCUT2D eigenvalue weighted by molar-refractivity contribution is -0.138. The number of hydrogen-bond acceptors (Lipinski definition) is 3. The molecule has 110 valence electrons. The first kappa shape index (κ1) is 16.0. The number of amides is 2. The molecule has 1 saturated heterocycles. The lowest BCUT2D eigenvalue weighted by atomic mass is 9.95. The number of nitrogens with one attached hydrogen (secondary N) is 1. The molecule has 0 spiro atoms. The van der Waals surface area contributed by atoms with Crippen LogP contribution >= 0.6 is 0 Å². The first-order valence-corrected chi connectivity index (χ1v) is 7.19. The van der Waals surface area contributed by atoms with E-state index in [0.29, 0.717) is 13.0 Å². The van der Waals surface area contributed by atoms with Gasteiger partial charge >= 0.3 is 0 Å². The van der Waals surface area contributed by atoms with E-state index in [4.69, 9.17) is 5.11 Å². The monoisotopic (exact) mass is 270 g/mol. The Morgan fingerprint density at radius 3 is 2.63 bits per heavy atom. The molecule has 0 aliphatic carbocycles. The van der Waals surface area contributed by atoms with Crippen LogP contribution in [0, 0.1) is 11.8 Å². The third kappa shape index (κ3) is 4.49. The Morgan fingerprint density at radius 2 is 2.11 bits per heavy atom. The van der Waals surface area contributed by atoms with Crippen molar-refractivity contribution in [2.45, 2.75) is 46.1 Å². The normalized spacial score (nSPS) is 21.3. The molecule has 2 amide bonds. The Bertz CT molecular complexity index is 314. The molecule has 0 radical (unpaired) electrons. The maximum absolute atomic E-state index is 12.1. The molecular formula is C14H26N2O3. The van der Waals surface area contributed by atoms with Crippen molar-refractivity contribution in [3.05, 3.63) is 0 Å². The minimum Gasteiger partial charge on any atom is -0.394 e. The predicted octanol–water partition coefficient (Wildman–Crippen LogP) is 0.768. The van der Waals surface area contributed by atoms with Crippen molar-refractivity contribution < 1.29 is 14.7 Å². The van der Waals surface area contributed by atoms with Crippen LogP contribution in [0.25, 0.3) is 0 Å². The van der Waals surface area contributed by atoms with Gasteiger partial charge in [-0.25, -0.2) is 0 Å². The first-order valence-electron chi connectivity index (χ1n) is 7.19. The summed E-state index contributed by atoms with van der Waals surface area (Å²) in [6.07, 6.45) is 2.39. The van der Waals surface area contributed by atoms with Crippen LogP contribution in [0.15, 0.2) is 0 Å². The molecule has 0 saturated carbocycles. The minimum absolute atomic E-state index is 0.0253. The maximum Gasteiger partial charge on any atom is 0.225 e. The van der Waals surface area contributed by atoms with Crippen molar-refractivity contribution in [3.63, 3.8) is 0 Å². The number of aliphatic hydroxyl groups is 1. The van der Waals surface area contributed by atoms with E-state index in [-0.39, 0.29) is 36.3 Å². The van der Waals surface area contributed by atoms with Gasteiger partial charge in [-0.15, -0.1) is 0 Å².